The third-order valence-electron chi connectivity index (χ3n) is 7.91. The molecule has 2 fully saturated rings. The molecule has 1 saturated heterocycles. The number of nitrogens with one attached hydrogen (secondary N) is 2. The molecule has 8 nitrogen and oxygen atoms in total. The minimum atomic E-state index is -0.627. The Kier molecular flexibility index (Phi) is 8.99. The predicted octanol–water partition coefficient (Wildman–Crippen LogP) is 4.42. The molecule has 1 saturated carbocycles. The predicted molar refractivity (Wildman–Crippen MR) is 148 cm³/mol. The number of amides is 2. The van der Waals surface area contributed by atoms with E-state index in [1.54, 1.807) is 49.3 Å². The standard InChI is InChI=1S/C29H39FN6O2/c1-4-35(24-14-9-8-13-22(24)31)27-25(30)21(16-17-33-27)23-15-10-18-36(23)29(38)26(20-11-6-5-7-12-20)34-28(37)19(2)32-3/h4,8-9,13-14,16-17,19-20,23,26,32H,1,5-7,10-12,15,18,31H2,2-3H3,(H,34,37). The number of likely N-dealkylation sites (tertiary alicyclic amines) is 1. The summed E-state index contributed by atoms with van der Waals surface area (Å²) >= 11 is 0. The largest absolute Gasteiger partial charge is 0.397 e. The van der Waals surface area contributed by atoms with Gasteiger partial charge in [0.2, 0.25) is 11.8 Å². The molecule has 4 N–H and O–H groups in total. The van der Waals surface area contributed by atoms with Crippen LogP contribution in [0.3, 0.4) is 0 Å². The molecule has 1 aromatic carbocycles. The summed E-state index contributed by atoms with van der Waals surface area (Å²) in [6, 6.07) is 7.28. The average molecular weight is 523 g/mol. The van der Waals surface area contributed by atoms with Crippen LogP contribution in [0.2, 0.25) is 0 Å². The van der Waals surface area contributed by atoms with Gasteiger partial charge in [-0.3, -0.25) is 14.5 Å². The van der Waals surface area contributed by atoms with E-state index in [0.717, 1.165) is 38.5 Å². The van der Waals surface area contributed by atoms with E-state index >= 15 is 4.39 Å². The highest BCUT2D eigenvalue weighted by atomic mass is 19.1. The van der Waals surface area contributed by atoms with Crippen molar-refractivity contribution in [2.24, 2.45) is 5.92 Å². The fourth-order valence-corrected chi connectivity index (χ4v) is 5.67. The summed E-state index contributed by atoms with van der Waals surface area (Å²) in [4.78, 5) is 34.4. The fourth-order valence-electron chi connectivity index (χ4n) is 5.67. The first kappa shape index (κ1) is 27.6. The Balaban J connectivity index is 1.65. The highest BCUT2D eigenvalue weighted by Crippen LogP contribution is 2.39. The summed E-state index contributed by atoms with van der Waals surface area (Å²) in [6.07, 6.45) is 9.42. The zero-order valence-corrected chi connectivity index (χ0v) is 22.3. The van der Waals surface area contributed by atoms with E-state index in [2.05, 4.69) is 22.2 Å². The quantitative estimate of drug-likeness (QED) is 0.421. The molecule has 9 heteroatoms. The Bertz CT molecular complexity index is 1150. The van der Waals surface area contributed by atoms with E-state index in [1.165, 1.54) is 11.1 Å². The molecule has 0 radical (unpaired) electrons. The SMILES string of the molecule is C=CN(c1ccccc1N)c1nccc(C2CCCN2C(=O)C(NC(=O)C(C)NC)C2CCCCC2)c1F. The average Bonchev–Trinajstić information content (AvgIpc) is 3.43. The minimum Gasteiger partial charge on any atom is -0.397 e. The summed E-state index contributed by atoms with van der Waals surface area (Å²) in [6.45, 7) is 6.13. The smallest absolute Gasteiger partial charge is 0.245 e. The summed E-state index contributed by atoms with van der Waals surface area (Å²) in [7, 11) is 1.72. The second kappa shape index (κ2) is 12.4. The van der Waals surface area contributed by atoms with Crippen LogP contribution in [0.5, 0.6) is 0 Å². The second-order valence-electron chi connectivity index (χ2n) is 10.2. The van der Waals surface area contributed by atoms with E-state index in [9.17, 15) is 9.59 Å². The van der Waals surface area contributed by atoms with Crippen LogP contribution in [0, 0.1) is 11.7 Å². The van der Waals surface area contributed by atoms with Crippen LogP contribution in [0.15, 0.2) is 49.3 Å². The van der Waals surface area contributed by atoms with Gasteiger partial charge >= 0.3 is 0 Å². The Morgan fingerprint density at radius 2 is 1.92 bits per heavy atom. The van der Waals surface area contributed by atoms with Gasteiger partial charge in [-0.2, -0.15) is 0 Å². The Morgan fingerprint density at radius 3 is 2.61 bits per heavy atom. The number of aromatic nitrogens is 1. The first-order chi connectivity index (χ1) is 18.4. The lowest BCUT2D eigenvalue weighted by Gasteiger charge is -2.35. The lowest BCUT2D eigenvalue weighted by molar-refractivity contribution is -0.139. The number of hydrogen-bond acceptors (Lipinski definition) is 6. The Hall–Kier alpha value is -3.46. The number of halogens is 1. The zero-order chi connectivity index (χ0) is 27.2. The first-order valence-corrected chi connectivity index (χ1v) is 13.6. The van der Waals surface area contributed by atoms with Crippen LogP contribution in [0.4, 0.5) is 21.6 Å². The monoisotopic (exact) mass is 522 g/mol. The molecule has 0 spiro atoms. The Morgan fingerprint density at radius 1 is 1.18 bits per heavy atom. The normalized spacial score (nSPS) is 19.6. The second-order valence-corrected chi connectivity index (χ2v) is 10.2. The maximum atomic E-state index is 16.1. The van der Waals surface area contributed by atoms with Gasteiger partial charge in [0.1, 0.15) is 6.04 Å². The van der Waals surface area contributed by atoms with Crippen molar-refractivity contribution in [3.05, 3.63) is 60.7 Å². The van der Waals surface area contributed by atoms with Crippen LogP contribution in [-0.2, 0) is 9.59 Å². The molecule has 38 heavy (non-hydrogen) atoms. The third-order valence-corrected chi connectivity index (χ3v) is 7.91. The number of nitrogen functional groups attached to an aromatic ring is 1. The van der Waals surface area contributed by atoms with Crippen molar-refractivity contribution in [2.45, 2.75) is 70.0 Å². The van der Waals surface area contributed by atoms with Crippen molar-refractivity contribution in [3.63, 3.8) is 0 Å². The van der Waals surface area contributed by atoms with Gasteiger partial charge in [0.15, 0.2) is 11.6 Å². The van der Waals surface area contributed by atoms with Crippen LogP contribution >= 0.6 is 0 Å². The van der Waals surface area contributed by atoms with Gasteiger partial charge in [-0.1, -0.05) is 38.0 Å². The van der Waals surface area contributed by atoms with Crippen LogP contribution in [-0.4, -0.2) is 47.4 Å². The molecule has 2 aliphatic rings. The minimum absolute atomic E-state index is 0.0701. The maximum Gasteiger partial charge on any atom is 0.245 e. The number of rotatable bonds is 9. The summed E-state index contributed by atoms with van der Waals surface area (Å²) in [5.41, 5.74) is 7.60. The van der Waals surface area contributed by atoms with Gasteiger partial charge in [0, 0.05) is 24.5 Å². The van der Waals surface area contributed by atoms with Gasteiger partial charge in [-0.25, -0.2) is 9.37 Å². The molecule has 2 heterocycles. The van der Waals surface area contributed by atoms with Crippen molar-refractivity contribution in [3.8, 4) is 0 Å². The van der Waals surface area contributed by atoms with Crippen LogP contribution < -0.4 is 21.3 Å². The highest BCUT2D eigenvalue weighted by Gasteiger charge is 2.40. The number of hydrogen-bond donors (Lipinski definition) is 3. The van der Waals surface area contributed by atoms with Crippen molar-refractivity contribution >= 4 is 29.0 Å². The highest BCUT2D eigenvalue weighted by molar-refractivity contribution is 5.90. The summed E-state index contributed by atoms with van der Waals surface area (Å²) in [5, 5.41) is 5.98. The number of likely N-dealkylation sites (N-methyl/N-ethyl adjacent to an activating group) is 1. The topological polar surface area (TPSA) is 104 Å². The van der Waals surface area contributed by atoms with Crippen molar-refractivity contribution < 1.29 is 14.0 Å². The fraction of sp³-hybridized carbons (Fsp3) is 0.483. The van der Waals surface area contributed by atoms with E-state index in [0.29, 0.717) is 29.9 Å². The zero-order valence-electron chi connectivity index (χ0n) is 22.3. The molecule has 0 bridgehead atoms. The molecular formula is C29H39FN6O2. The van der Waals surface area contributed by atoms with E-state index in [-0.39, 0.29) is 23.6 Å². The molecule has 1 aliphatic carbocycles. The van der Waals surface area contributed by atoms with E-state index in [4.69, 9.17) is 5.73 Å². The molecule has 1 aliphatic heterocycles. The number of pyridine rings is 1. The number of para-hydroxylation sites is 2. The number of nitrogens with two attached hydrogens (primary N) is 1. The van der Waals surface area contributed by atoms with Crippen molar-refractivity contribution in [1.82, 2.24) is 20.5 Å². The van der Waals surface area contributed by atoms with E-state index < -0.39 is 23.9 Å². The van der Waals surface area contributed by atoms with Gasteiger partial charge in [-0.15, -0.1) is 0 Å². The Labute approximate surface area is 224 Å². The molecule has 3 unspecified atom stereocenters. The number of nitrogens with zero attached hydrogens (tertiary/aromatic N) is 3. The maximum absolute atomic E-state index is 16.1. The summed E-state index contributed by atoms with van der Waals surface area (Å²) < 4.78 is 16.1. The van der Waals surface area contributed by atoms with Gasteiger partial charge in [-0.05, 0) is 63.8 Å². The lowest BCUT2D eigenvalue weighted by Crippen LogP contribution is -2.55. The van der Waals surface area contributed by atoms with Crippen LogP contribution in [0.1, 0.15) is 63.5 Å². The first-order valence-electron chi connectivity index (χ1n) is 13.6. The number of anilines is 3. The lowest BCUT2D eigenvalue weighted by atomic mass is 9.83. The van der Waals surface area contributed by atoms with E-state index in [1.807, 2.05) is 6.07 Å². The molecule has 2 amide bonds. The third kappa shape index (κ3) is 5.67. The molecule has 2 aromatic rings. The molecule has 3 atom stereocenters. The number of benzene rings is 1. The summed E-state index contributed by atoms with van der Waals surface area (Å²) in [5.74, 6) is -0.703. The molecular weight excluding hydrogens is 483 g/mol. The van der Waals surface area contributed by atoms with Crippen molar-refractivity contribution in [2.75, 3.05) is 24.2 Å². The number of carbonyl (C=O) groups excluding carboxylic acids is 2. The van der Waals surface area contributed by atoms with Gasteiger partial charge in [0.25, 0.3) is 0 Å². The molecule has 1 aromatic heterocycles. The van der Waals surface area contributed by atoms with Gasteiger partial charge in [0.05, 0.1) is 23.5 Å². The van der Waals surface area contributed by atoms with Crippen LogP contribution in [0.25, 0.3) is 0 Å². The number of carbonyl (C=O) groups is 2. The van der Waals surface area contributed by atoms with Gasteiger partial charge < -0.3 is 21.3 Å². The molecule has 4 rings (SSSR count). The molecule has 204 valence electrons. The van der Waals surface area contributed by atoms with Crippen molar-refractivity contribution in [1.29, 1.82) is 0 Å².